The van der Waals surface area contributed by atoms with Crippen molar-refractivity contribution in [3.63, 3.8) is 0 Å². The first-order chi connectivity index (χ1) is 18.5. The lowest BCUT2D eigenvalue weighted by Gasteiger charge is -2.26. The van der Waals surface area contributed by atoms with Crippen LogP contribution in [0.3, 0.4) is 0 Å². The molecule has 4 N–H and O–H groups in total. The van der Waals surface area contributed by atoms with E-state index in [4.69, 9.17) is 14.8 Å². The van der Waals surface area contributed by atoms with Crippen LogP contribution in [0.4, 0.5) is 11.6 Å². The van der Waals surface area contributed by atoms with Crippen molar-refractivity contribution >= 4 is 23.2 Å². The standard InChI is InChI=1S/C29H38N6O3/c1-18-13-20(6-11-24(18)29(37)33-21-7-8-21)25-16-31-35-27(30-15-19-4-9-23(36)10-5-19)14-26(34-28(25)35)32-22-3-2-12-38-17-22/h6,11,13-14,16,19,21-23,30,36H,2-5,7-10,12,15,17H2,1H3,(H,32,34)(H,33,37). The van der Waals surface area contributed by atoms with Crippen molar-refractivity contribution in [2.45, 2.75) is 76.5 Å². The molecule has 1 saturated heterocycles. The number of aromatic nitrogens is 3. The molecule has 1 unspecified atom stereocenters. The van der Waals surface area contributed by atoms with E-state index in [9.17, 15) is 9.90 Å². The first-order valence-electron chi connectivity index (χ1n) is 14.1. The number of aryl methyl sites for hydroxylation is 1. The minimum atomic E-state index is -0.157. The summed E-state index contributed by atoms with van der Waals surface area (Å²) in [4.78, 5) is 17.6. The van der Waals surface area contributed by atoms with Crippen molar-refractivity contribution in [3.05, 3.63) is 41.6 Å². The molecule has 1 atom stereocenters. The second kappa shape index (κ2) is 10.9. The third-order valence-electron chi connectivity index (χ3n) is 8.07. The van der Waals surface area contributed by atoms with Gasteiger partial charge in [0.25, 0.3) is 5.91 Å². The van der Waals surface area contributed by atoms with Gasteiger partial charge in [-0.3, -0.25) is 4.79 Å². The molecule has 1 aliphatic heterocycles. The molecule has 3 aliphatic rings. The van der Waals surface area contributed by atoms with Crippen molar-refractivity contribution in [3.8, 4) is 11.1 Å². The molecule has 1 amide bonds. The second-order valence-corrected chi connectivity index (χ2v) is 11.2. The van der Waals surface area contributed by atoms with Crippen LogP contribution in [0.25, 0.3) is 16.8 Å². The summed E-state index contributed by atoms with van der Waals surface area (Å²) in [5.41, 5.74) is 4.33. The SMILES string of the molecule is Cc1cc(-c2cnn3c(NCC4CCC(O)CC4)cc(NC4CCCOC4)nc23)ccc1C(=O)NC1CC1. The van der Waals surface area contributed by atoms with Crippen molar-refractivity contribution in [1.82, 2.24) is 19.9 Å². The van der Waals surface area contributed by atoms with Gasteiger partial charge in [-0.15, -0.1) is 0 Å². The molecule has 3 fully saturated rings. The average molecular weight is 519 g/mol. The first kappa shape index (κ1) is 25.1. The highest BCUT2D eigenvalue weighted by Crippen LogP contribution is 2.30. The Balaban J connectivity index is 1.29. The van der Waals surface area contributed by atoms with E-state index in [0.717, 1.165) is 98.5 Å². The molecule has 1 aromatic carbocycles. The summed E-state index contributed by atoms with van der Waals surface area (Å²) in [6.45, 7) is 4.30. The number of carbonyl (C=O) groups excluding carboxylic acids is 1. The number of hydrogen-bond donors (Lipinski definition) is 4. The van der Waals surface area contributed by atoms with Gasteiger partial charge in [0.2, 0.25) is 0 Å². The van der Waals surface area contributed by atoms with Crippen LogP contribution in [0.1, 0.15) is 67.3 Å². The van der Waals surface area contributed by atoms with E-state index in [-0.39, 0.29) is 18.1 Å². The molecule has 0 spiro atoms. The molecule has 2 aromatic heterocycles. The van der Waals surface area contributed by atoms with Crippen LogP contribution in [-0.2, 0) is 4.74 Å². The smallest absolute Gasteiger partial charge is 0.251 e. The molecular weight excluding hydrogens is 480 g/mol. The van der Waals surface area contributed by atoms with Gasteiger partial charge in [-0.1, -0.05) is 12.1 Å². The number of ether oxygens (including phenoxy) is 1. The number of amides is 1. The Labute approximate surface area is 223 Å². The van der Waals surface area contributed by atoms with Gasteiger partial charge in [-0.05, 0) is 81.4 Å². The number of carbonyl (C=O) groups is 1. The summed E-state index contributed by atoms with van der Waals surface area (Å²) >= 11 is 0. The average Bonchev–Trinajstić information content (AvgIpc) is 3.63. The molecule has 2 saturated carbocycles. The van der Waals surface area contributed by atoms with Crippen LogP contribution in [-0.4, -0.2) is 63.6 Å². The summed E-state index contributed by atoms with van der Waals surface area (Å²) in [6.07, 6.45) is 9.71. The summed E-state index contributed by atoms with van der Waals surface area (Å²) in [5.74, 6) is 2.21. The maximum absolute atomic E-state index is 12.6. The minimum absolute atomic E-state index is 0.00237. The topological polar surface area (TPSA) is 113 Å². The zero-order valence-corrected chi connectivity index (χ0v) is 22.1. The van der Waals surface area contributed by atoms with Gasteiger partial charge in [0, 0.05) is 36.4 Å². The van der Waals surface area contributed by atoms with Gasteiger partial charge in [0.05, 0.1) is 24.9 Å². The monoisotopic (exact) mass is 518 g/mol. The van der Waals surface area contributed by atoms with Gasteiger partial charge in [0.1, 0.15) is 11.6 Å². The number of rotatable bonds is 8. The van der Waals surface area contributed by atoms with E-state index in [1.165, 1.54) is 0 Å². The fourth-order valence-electron chi connectivity index (χ4n) is 5.60. The summed E-state index contributed by atoms with van der Waals surface area (Å²) in [6, 6.07) is 8.54. The Morgan fingerprint density at radius 3 is 2.68 bits per heavy atom. The van der Waals surface area contributed by atoms with Gasteiger partial charge >= 0.3 is 0 Å². The number of benzene rings is 1. The maximum Gasteiger partial charge on any atom is 0.251 e. The van der Waals surface area contributed by atoms with Crippen LogP contribution < -0.4 is 16.0 Å². The third-order valence-corrected chi connectivity index (χ3v) is 8.07. The highest BCUT2D eigenvalue weighted by atomic mass is 16.5. The molecule has 3 heterocycles. The Bertz CT molecular complexity index is 1290. The lowest BCUT2D eigenvalue weighted by atomic mass is 9.87. The van der Waals surface area contributed by atoms with Gasteiger partial charge in [-0.25, -0.2) is 4.98 Å². The van der Waals surface area contributed by atoms with Crippen molar-refractivity contribution in [2.75, 3.05) is 30.4 Å². The van der Waals surface area contributed by atoms with Gasteiger partial charge in [0.15, 0.2) is 5.65 Å². The first-order valence-corrected chi connectivity index (χ1v) is 14.1. The predicted molar refractivity (Wildman–Crippen MR) is 148 cm³/mol. The molecular formula is C29H38N6O3. The maximum atomic E-state index is 12.6. The molecule has 38 heavy (non-hydrogen) atoms. The molecule has 2 aliphatic carbocycles. The third kappa shape index (κ3) is 5.63. The molecule has 3 aromatic rings. The Hall–Kier alpha value is -3.17. The van der Waals surface area contributed by atoms with Crippen LogP contribution in [0.15, 0.2) is 30.5 Å². The second-order valence-electron chi connectivity index (χ2n) is 11.2. The Morgan fingerprint density at radius 2 is 1.95 bits per heavy atom. The number of nitrogens with zero attached hydrogens (tertiary/aromatic N) is 3. The van der Waals surface area contributed by atoms with E-state index in [0.29, 0.717) is 24.1 Å². The van der Waals surface area contributed by atoms with Crippen molar-refractivity contribution in [1.29, 1.82) is 0 Å². The largest absolute Gasteiger partial charge is 0.393 e. The van der Waals surface area contributed by atoms with Gasteiger partial charge in [-0.2, -0.15) is 9.61 Å². The molecule has 9 heteroatoms. The van der Waals surface area contributed by atoms with Crippen LogP contribution in [0.5, 0.6) is 0 Å². The minimum Gasteiger partial charge on any atom is -0.393 e. The zero-order chi connectivity index (χ0) is 26.1. The number of fused-ring (bicyclic) bond motifs is 1. The Kier molecular flexibility index (Phi) is 7.21. The molecule has 9 nitrogen and oxygen atoms in total. The highest BCUT2D eigenvalue weighted by molar-refractivity contribution is 5.97. The van der Waals surface area contributed by atoms with E-state index < -0.39 is 0 Å². The van der Waals surface area contributed by atoms with E-state index in [1.807, 2.05) is 35.8 Å². The number of aliphatic hydroxyl groups excluding tert-OH is 1. The van der Waals surface area contributed by atoms with Crippen molar-refractivity contribution in [2.24, 2.45) is 5.92 Å². The van der Waals surface area contributed by atoms with Crippen LogP contribution >= 0.6 is 0 Å². The lowest BCUT2D eigenvalue weighted by Crippen LogP contribution is -2.30. The fraction of sp³-hybridized carbons (Fsp3) is 0.552. The molecule has 0 bridgehead atoms. The van der Waals surface area contributed by atoms with E-state index >= 15 is 0 Å². The van der Waals surface area contributed by atoms with Crippen LogP contribution in [0.2, 0.25) is 0 Å². The lowest BCUT2D eigenvalue weighted by molar-refractivity contribution is 0.0875. The number of hydrogen-bond acceptors (Lipinski definition) is 7. The molecule has 202 valence electrons. The predicted octanol–water partition coefficient (Wildman–Crippen LogP) is 4.15. The summed E-state index contributed by atoms with van der Waals surface area (Å²) in [5, 5.41) is 24.9. The number of aliphatic hydroxyl groups is 1. The van der Waals surface area contributed by atoms with Crippen molar-refractivity contribution < 1.29 is 14.6 Å². The molecule has 0 radical (unpaired) electrons. The zero-order valence-electron chi connectivity index (χ0n) is 22.1. The summed E-state index contributed by atoms with van der Waals surface area (Å²) < 4.78 is 7.55. The number of nitrogens with one attached hydrogen (secondary N) is 3. The molecule has 6 rings (SSSR count). The highest BCUT2D eigenvalue weighted by Gasteiger charge is 2.25. The number of anilines is 2. The van der Waals surface area contributed by atoms with Gasteiger partial charge < -0.3 is 25.8 Å². The normalized spacial score (nSPS) is 23.8. The summed E-state index contributed by atoms with van der Waals surface area (Å²) in [7, 11) is 0. The van der Waals surface area contributed by atoms with E-state index in [2.05, 4.69) is 22.0 Å². The fourth-order valence-corrected chi connectivity index (χ4v) is 5.60. The van der Waals surface area contributed by atoms with Crippen LogP contribution in [0, 0.1) is 12.8 Å². The quantitative estimate of drug-likeness (QED) is 0.354. The Morgan fingerprint density at radius 1 is 1.11 bits per heavy atom. The van der Waals surface area contributed by atoms with E-state index in [1.54, 1.807) is 0 Å².